The van der Waals surface area contributed by atoms with Gasteiger partial charge in [0, 0.05) is 62.1 Å². The van der Waals surface area contributed by atoms with Gasteiger partial charge in [-0.05, 0) is 42.0 Å². The maximum Gasteiger partial charge on any atom is 0.318 e. The second-order valence-electron chi connectivity index (χ2n) is 8.40. The van der Waals surface area contributed by atoms with Gasteiger partial charge in [-0.25, -0.2) is 4.79 Å². The number of nitrogens with one attached hydrogen (secondary N) is 1. The van der Waals surface area contributed by atoms with Crippen molar-refractivity contribution in [3.63, 3.8) is 0 Å². The summed E-state index contributed by atoms with van der Waals surface area (Å²) in [6.07, 6.45) is 5.76. The van der Waals surface area contributed by atoms with Crippen LogP contribution in [0.25, 0.3) is 0 Å². The van der Waals surface area contributed by atoms with E-state index in [1.54, 1.807) is 43.6 Å². The van der Waals surface area contributed by atoms with Crippen molar-refractivity contribution in [3.8, 4) is 11.5 Å². The highest BCUT2D eigenvalue weighted by Crippen LogP contribution is 2.34. The first-order valence-electron chi connectivity index (χ1n) is 11.2. The first kappa shape index (κ1) is 21.8. The number of aromatic nitrogens is 2. The molecule has 0 radical (unpaired) electrons. The highest BCUT2D eigenvalue weighted by atomic mass is 16.5. The molecule has 2 unspecified atom stereocenters. The number of rotatable bonds is 5. The minimum atomic E-state index is -0.292. The average Bonchev–Trinajstić information content (AvgIpc) is 3.49. The van der Waals surface area contributed by atoms with Gasteiger partial charge in [-0.3, -0.25) is 9.78 Å². The molecule has 1 saturated heterocycles. The van der Waals surface area contributed by atoms with E-state index in [1.807, 2.05) is 41.4 Å². The van der Waals surface area contributed by atoms with Crippen molar-refractivity contribution in [2.45, 2.75) is 25.0 Å². The van der Waals surface area contributed by atoms with Gasteiger partial charge < -0.3 is 29.2 Å². The molecule has 1 N–H and O–H groups in total. The van der Waals surface area contributed by atoms with E-state index in [0.717, 1.165) is 17.8 Å². The number of methoxy groups -OCH3 is 2. The maximum absolute atomic E-state index is 13.4. The maximum atomic E-state index is 13.4. The van der Waals surface area contributed by atoms with Crippen molar-refractivity contribution in [3.05, 3.63) is 72.3 Å². The SMILES string of the molecule is COc1ccc(N2CC(NC(=O)N3CCn4cccc4C3c3ccncc3)CC2=O)cc1OC. The van der Waals surface area contributed by atoms with E-state index in [-0.39, 0.29) is 30.4 Å². The Morgan fingerprint density at radius 3 is 2.62 bits per heavy atom. The number of urea groups is 1. The number of pyridine rings is 1. The average molecular weight is 462 g/mol. The zero-order chi connectivity index (χ0) is 23.7. The third kappa shape index (κ3) is 3.93. The molecule has 5 rings (SSSR count). The van der Waals surface area contributed by atoms with Gasteiger partial charge in [0.1, 0.15) is 0 Å². The third-order valence-corrected chi connectivity index (χ3v) is 6.45. The topological polar surface area (TPSA) is 88.9 Å². The highest BCUT2D eigenvalue weighted by Gasteiger charge is 2.36. The number of anilines is 1. The first-order valence-corrected chi connectivity index (χ1v) is 11.2. The molecule has 3 amide bonds. The molecule has 34 heavy (non-hydrogen) atoms. The number of carbonyl (C=O) groups excluding carboxylic acids is 2. The van der Waals surface area contributed by atoms with Gasteiger partial charge in [0.05, 0.1) is 26.3 Å². The summed E-state index contributed by atoms with van der Waals surface area (Å²) >= 11 is 0. The molecular weight excluding hydrogens is 434 g/mol. The lowest BCUT2D eigenvalue weighted by Gasteiger charge is -2.37. The fraction of sp³-hybridized carbons (Fsp3) is 0.320. The van der Waals surface area contributed by atoms with E-state index in [1.165, 1.54) is 0 Å². The van der Waals surface area contributed by atoms with E-state index >= 15 is 0 Å². The molecule has 176 valence electrons. The number of benzene rings is 1. The van der Waals surface area contributed by atoms with Crippen molar-refractivity contribution in [2.75, 3.05) is 32.2 Å². The molecule has 2 atom stereocenters. The Balaban J connectivity index is 1.33. The summed E-state index contributed by atoms with van der Waals surface area (Å²) in [7, 11) is 3.13. The molecule has 3 aromatic rings. The lowest BCUT2D eigenvalue weighted by molar-refractivity contribution is -0.117. The van der Waals surface area contributed by atoms with Gasteiger partial charge in [0.15, 0.2) is 11.5 Å². The minimum Gasteiger partial charge on any atom is -0.493 e. The summed E-state index contributed by atoms with van der Waals surface area (Å²) in [6.45, 7) is 1.68. The predicted molar refractivity (Wildman–Crippen MR) is 126 cm³/mol. The number of hydrogen-bond acceptors (Lipinski definition) is 5. The van der Waals surface area contributed by atoms with Crippen molar-refractivity contribution in [1.82, 2.24) is 19.8 Å². The van der Waals surface area contributed by atoms with Crippen molar-refractivity contribution >= 4 is 17.6 Å². The van der Waals surface area contributed by atoms with Crippen LogP contribution < -0.4 is 19.7 Å². The van der Waals surface area contributed by atoms with Gasteiger partial charge in [-0.1, -0.05) is 0 Å². The molecule has 9 heteroatoms. The Kier molecular flexibility index (Phi) is 5.83. The van der Waals surface area contributed by atoms with Crippen LogP contribution in [0.1, 0.15) is 23.7 Å². The molecular formula is C25H27N5O4. The lowest BCUT2D eigenvalue weighted by atomic mass is 10.0. The number of hydrogen-bond donors (Lipinski definition) is 1. The van der Waals surface area contributed by atoms with Gasteiger partial charge in [-0.15, -0.1) is 0 Å². The molecule has 0 bridgehead atoms. The van der Waals surface area contributed by atoms with Crippen LogP contribution in [0.15, 0.2) is 61.1 Å². The fourth-order valence-corrected chi connectivity index (χ4v) is 4.80. The minimum absolute atomic E-state index is 0.0456. The molecule has 2 aliphatic rings. The molecule has 1 fully saturated rings. The van der Waals surface area contributed by atoms with Crippen molar-refractivity contribution < 1.29 is 19.1 Å². The van der Waals surface area contributed by atoms with Crippen molar-refractivity contribution in [2.24, 2.45) is 0 Å². The number of ether oxygens (including phenoxy) is 2. The predicted octanol–water partition coefficient (Wildman–Crippen LogP) is 2.82. The van der Waals surface area contributed by atoms with Crippen LogP contribution >= 0.6 is 0 Å². The summed E-state index contributed by atoms with van der Waals surface area (Å²) in [5.41, 5.74) is 2.77. The summed E-state index contributed by atoms with van der Waals surface area (Å²) < 4.78 is 12.8. The number of fused-ring (bicyclic) bond motifs is 1. The Hall–Kier alpha value is -4.01. The normalized spacial score (nSPS) is 19.6. The second-order valence-corrected chi connectivity index (χ2v) is 8.40. The van der Waals surface area contributed by atoms with Crippen molar-refractivity contribution in [1.29, 1.82) is 0 Å². The number of nitrogens with zero attached hydrogens (tertiary/aromatic N) is 4. The summed E-state index contributed by atoms with van der Waals surface area (Å²) in [5.74, 6) is 1.10. The van der Waals surface area contributed by atoms with E-state index in [9.17, 15) is 9.59 Å². The Morgan fingerprint density at radius 1 is 1.06 bits per heavy atom. The lowest BCUT2D eigenvalue weighted by Crippen LogP contribution is -2.50. The van der Waals surface area contributed by atoms with Crippen LogP contribution in [0.2, 0.25) is 0 Å². The summed E-state index contributed by atoms with van der Waals surface area (Å²) in [6, 6.07) is 12.6. The highest BCUT2D eigenvalue weighted by molar-refractivity contribution is 5.97. The van der Waals surface area contributed by atoms with Crippen LogP contribution in [0.4, 0.5) is 10.5 Å². The van der Waals surface area contributed by atoms with Gasteiger partial charge >= 0.3 is 6.03 Å². The van der Waals surface area contributed by atoms with Crippen LogP contribution in [0, 0.1) is 0 Å². The largest absolute Gasteiger partial charge is 0.493 e. The Morgan fingerprint density at radius 2 is 1.85 bits per heavy atom. The summed E-state index contributed by atoms with van der Waals surface area (Å²) in [4.78, 5) is 33.9. The Labute approximate surface area is 197 Å². The second kappa shape index (κ2) is 9.09. The van der Waals surface area contributed by atoms with Gasteiger partial charge in [0.25, 0.3) is 0 Å². The fourth-order valence-electron chi connectivity index (χ4n) is 4.80. The molecule has 0 saturated carbocycles. The monoisotopic (exact) mass is 461 g/mol. The standard InChI is InChI=1S/C25H27N5O4/c1-33-21-6-5-19(15-22(21)34-2)30-16-18(14-23(30)31)27-25(32)29-13-12-28-11-3-4-20(28)24(29)17-7-9-26-10-8-17/h3-11,15,18,24H,12-14,16H2,1-2H3,(H,27,32). The van der Waals surface area contributed by atoms with Gasteiger partial charge in [0.2, 0.25) is 5.91 Å². The first-order chi connectivity index (χ1) is 16.6. The molecule has 4 heterocycles. The summed E-state index contributed by atoms with van der Waals surface area (Å²) in [5, 5.41) is 3.10. The van der Waals surface area contributed by atoms with E-state index in [4.69, 9.17) is 9.47 Å². The van der Waals surface area contributed by atoms with E-state index in [0.29, 0.717) is 30.3 Å². The van der Waals surface area contributed by atoms with Crippen LogP contribution in [0.3, 0.4) is 0 Å². The molecule has 0 aliphatic carbocycles. The van der Waals surface area contributed by atoms with E-state index < -0.39 is 0 Å². The molecule has 9 nitrogen and oxygen atoms in total. The zero-order valence-corrected chi connectivity index (χ0v) is 19.2. The molecule has 0 spiro atoms. The Bertz CT molecular complexity index is 1200. The van der Waals surface area contributed by atoms with Crippen LogP contribution in [-0.2, 0) is 11.3 Å². The molecule has 1 aromatic carbocycles. The van der Waals surface area contributed by atoms with Crippen LogP contribution in [-0.4, -0.2) is 59.7 Å². The van der Waals surface area contributed by atoms with E-state index in [2.05, 4.69) is 14.9 Å². The number of amides is 3. The third-order valence-electron chi connectivity index (χ3n) is 6.45. The quantitative estimate of drug-likeness (QED) is 0.631. The molecule has 2 aliphatic heterocycles. The smallest absolute Gasteiger partial charge is 0.318 e. The van der Waals surface area contributed by atoms with Gasteiger partial charge in [-0.2, -0.15) is 0 Å². The zero-order valence-electron chi connectivity index (χ0n) is 19.2. The molecule has 2 aromatic heterocycles. The number of carbonyl (C=O) groups is 2. The van der Waals surface area contributed by atoms with Crippen LogP contribution in [0.5, 0.6) is 11.5 Å².